The van der Waals surface area contributed by atoms with Gasteiger partial charge in [0.05, 0.1) is 67.9 Å². The van der Waals surface area contributed by atoms with E-state index in [-0.39, 0.29) is 61.9 Å². The van der Waals surface area contributed by atoms with E-state index >= 15 is 0 Å². The number of carbonyl (C=O) groups excluding carboxylic acids is 4. The van der Waals surface area contributed by atoms with E-state index in [1.807, 2.05) is 0 Å². The number of rotatable bonds is 4. The molecule has 9 heteroatoms. The van der Waals surface area contributed by atoms with Gasteiger partial charge in [-0.2, -0.15) is 0 Å². The number of hydrogen-bond donors (Lipinski definition) is 0. The first-order valence-corrected chi connectivity index (χ1v) is 11.2. The fourth-order valence-electron chi connectivity index (χ4n) is 4.53. The molecule has 0 radical (unpaired) electrons. The maximum atomic E-state index is 12.7. The van der Waals surface area contributed by atoms with Crippen LogP contribution < -0.4 is 0 Å². The van der Waals surface area contributed by atoms with Gasteiger partial charge in [0, 0.05) is 16.5 Å². The van der Waals surface area contributed by atoms with Gasteiger partial charge in [-0.05, 0) is 76.3 Å². The molecule has 5 heterocycles. The minimum absolute atomic E-state index is 0. The van der Waals surface area contributed by atoms with Gasteiger partial charge in [0.25, 0.3) is 0 Å². The maximum absolute atomic E-state index is 12.7. The molecule has 0 aromatic carbocycles. The first kappa shape index (κ1) is 25.9. The van der Waals surface area contributed by atoms with Crippen LogP contribution in [0.3, 0.4) is 0 Å². The topological polar surface area (TPSA) is 118 Å². The van der Waals surface area contributed by atoms with Gasteiger partial charge >= 0.3 is 0 Å². The SMILES string of the molecule is CC(=O)C1=C2C=CC(=N2)C(C(C)=O)=C2C=CC(=N2)C(C(C)=O)=C2C=CC(=N2)C(C(C)=O)=C2C=CC1=N2.[Ni]. The summed E-state index contributed by atoms with van der Waals surface area (Å²) >= 11 is 0. The van der Waals surface area contributed by atoms with Crippen LogP contribution in [0.2, 0.25) is 0 Å². The Hall–Kier alpha value is -4.23. The second kappa shape index (κ2) is 9.67. The van der Waals surface area contributed by atoms with E-state index in [1.54, 1.807) is 48.6 Å². The summed E-state index contributed by atoms with van der Waals surface area (Å²) in [4.78, 5) is 68.9. The molecule has 0 aliphatic carbocycles. The second-order valence-electron chi connectivity index (χ2n) is 8.59. The molecule has 0 aromatic heterocycles. The van der Waals surface area contributed by atoms with Gasteiger partial charge in [-0.15, -0.1) is 0 Å². The van der Waals surface area contributed by atoms with Gasteiger partial charge in [0.2, 0.25) is 0 Å². The van der Waals surface area contributed by atoms with Gasteiger partial charge in [0.1, 0.15) is 0 Å². The normalized spacial score (nSPS) is 19.4. The van der Waals surface area contributed by atoms with Crippen molar-refractivity contribution >= 4 is 46.0 Å². The zero-order valence-electron chi connectivity index (χ0n) is 20.4. The van der Waals surface area contributed by atoms with Crippen LogP contribution in [0, 0.1) is 0 Å². The number of ketones is 4. The summed E-state index contributed by atoms with van der Waals surface area (Å²) in [5, 5.41) is 0. The van der Waals surface area contributed by atoms with E-state index in [1.165, 1.54) is 27.7 Å². The van der Waals surface area contributed by atoms with E-state index in [9.17, 15) is 19.2 Å². The van der Waals surface area contributed by atoms with Crippen LogP contribution in [0.5, 0.6) is 0 Å². The molecule has 8 bridgehead atoms. The molecule has 0 atom stereocenters. The van der Waals surface area contributed by atoms with Crippen LogP contribution in [0.1, 0.15) is 27.7 Å². The van der Waals surface area contributed by atoms with Gasteiger partial charge in [-0.3, -0.25) is 19.2 Å². The van der Waals surface area contributed by atoms with Crippen molar-refractivity contribution in [2.75, 3.05) is 0 Å². The molecule has 0 unspecified atom stereocenters. The standard InChI is InChI=1S/C28H20N4O4.Ni/c1-13(33)25-17-5-7-19(29-17)26(14(2)34)21-9-11-23(31-21)28(16(4)36)24-12-10-22(32-24)27(15(3)35)20-8-6-18(25)30-20;/h5-12H,1-4H3;. The van der Waals surface area contributed by atoms with Crippen LogP contribution in [-0.2, 0) is 35.7 Å². The van der Waals surface area contributed by atoms with Gasteiger partial charge in [-0.25, -0.2) is 20.0 Å². The number of allylic oxidation sites excluding steroid dienone is 12. The Morgan fingerprint density at radius 3 is 0.757 bits per heavy atom. The number of Topliss-reactive ketones (excluding diaryl/α,β-unsaturated/α-hetero) is 4. The summed E-state index contributed by atoms with van der Waals surface area (Å²) in [6.45, 7) is 5.65. The molecular weight excluding hydrogens is 515 g/mol. The molecule has 0 amide bonds. The molecule has 0 aromatic rings. The van der Waals surface area contributed by atoms with Crippen LogP contribution in [-0.4, -0.2) is 46.0 Å². The van der Waals surface area contributed by atoms with E-state index in [0.717, 1.165) is 0 Å². The Balaban J connectivity index is 0.00000320. The van der Waals surface area contributed by atoms with Crippen LogP contribution in [0.4, 0.5) is 0 Å². The monoisotopic (exact) mass is 534 g/mol. The predicted octanol–water partition coefficient (Wildman–Crippen LogP) is 3.41. The molecule has 0 spiro atoms. The number of nitrogens with zero attached hydrogens (tertiary/aromatic N) is 4. The first-order valence-electron chi connectivity index (χ1n) is 11.2. The molecular formula is C28H20N4NiO4. The molecule has 0 saturated heterocycles. The Kier molecular flexibility index (Phi) is 6.76. The molecule has 5 rings (SSSR count). The van der Waals surface area contributed by atoms with Crippen LogP contribution in [0.15, 0.2) is 114 Å². The summed E-state index contributed by atoms with van der Waals surface area (Å²) in [5.74, 6) is -1.05. The van der Waals surface area contributed by atoms with Crippen molar-refractivity contribution in [1.82, 2.24) is 0 Å². The van der Waals surface area contributed by atoms with E-state index in [0.29, 0.717) is 45.6 Å². The number of carbonyl (C=O) groups is 4. The van der Waals surface area contributed by atoms with Crippen molar-refractivity contribution in [1.29, 1.82) is 0 Å². The predicted molar refractivity (Wildman–Crippen MR) is 137 cm³/mol. The van der Waals surface area contributed by atoms with Crippen molar-refractivity contribution in [3.05, 3.63) is 93.7 Å². The smallest absolute Gasteiger partial charge is 0.164 e. The molecule has 0 fully saturated rings. The zero-order chi connectivity index (χ0) is 25.7. The Morgan fingerprint density at radius 2 is 0.595 bits per heavy atom. The summed E-state index contributed by atoms with van der Waals surface area (Å²) < 4.78 is 0. The van der Waals surface area contributed by atoms with Crippen LogP contribution >= 0.6 is 0 Å². The van der Waals surface area contributed by atoms with E-state index in [2.05, 4.69) is 20.0 Å². The third-order valence-electron chi connectivity index (χ3n) is 6.02. The minimum Gasteiger partial charge on any atom is -0.294 e. The molecule has 0 N–H and O–H groups in total. The number of aliphatic imine (C=N–C) groups is 4. The zero-order valence-corrected chi connectivity index (χ0v) is 21.3. The summed E-state index contributed by atoms with van der Waals surface area (Å²) in [6.07, 6.45) is 13.2. The quantitative estimate of drug-likeness (QED) is 0.513. The Bertz CT molecular complexity index is 1370. The third kappa shape index (κ3) is 4.43. The van der Waals surface area contributed by atoms with Gasteiger partial charge in [-0.1, -0.05) is 0 Å². The van der Waals surface area contributed by atoms with Crippen molar-refractivity contribution in [2.45, 2.75) is 27.7 Å². The first-order chi connectivity index (χ1) is 17.2. The van der Waals surface area contributed by atoms with Crippen LogP contribution in [0.25, 0.3) is 0 Å². The van der Waals surface area contributed by atoms with Gasteiger partial charge in [0.15, 0.2) is 23.1 Å². The molecule has 5 aliphatic rings. The van der Waals surface area contributed by atoms with Gasteiger partial charge < -0.3 is 0 Å². The van der Waals surface area contributed by atoms with Crippen molar-refractivity contribution in [3.63, 3.8) is 0 Å². The second-order valence-corrected chi connectivity index (χ2v) is 8.59. The molecule has 8 nitrogen and oxygen atoms in total. The fraction of sp³-hybridized carbons (Fsp3) is 0.143. The van der Waals surface area contributed by atoms with Crippen molar-refractivity contribution < 1.29 is 35.7 Å². The molecule has 37 heavy (non-hydrogen) atoms. The average Bonchev–Trinajstić information content (AvgIpc) is 3.57. The van der Waals surface area contributed by atoms with E-state index < -0.39 is 0 Å². The molecule has 186 valence electrons. The largest absolute Gasteiger partial charge is 0.294 e. The summed E-state index contributed by atoms with van der Waals surface area (Å²) in [7, 11) is 0. The van der Waals surface area contributed by atoms with Crippen molar-refractivity contribution in [3.8, 4) is 0 Å². The molecule has 5 aliphatic heterocycles. The Labute approximate surface area is 222 Å². The van der Waals surface area contributed by atoms with Crippen molar-refractivity contribution in [2.24, 2.45) is 20.0 Å². The fourth-order valence-corrected chi connectivity index (χ4v) is 4.53. The average molecular weight is 535 g/mol. The summed E-state index contributed by atoms with van der Waals surface area (Å²) in [5.41, 5.74) is 3.92. The Morgan fingerprint density at radius 1 is 0.405 bits per heavy atom. The number of hydrogen-bond acceptors (Lipinski definition) is 8. The maximum Gasteiger partial charge on any atom is 0.164 e. The minimum atomic E-state index is -0.262. The number of fused-ring (bicyclic) bond motifs is 4. The third-order valence-corrected chi connectivity index (χ3v) is 6.02. The summed E-state index contributed by atoms with van der Waals surface area (Å²) in [6, 6.07) is 0. The molecule has 0 saturated carbocycles. The van der Waals surface area contributed by atoms with E-state index in [4.69, 9.17) is 0 Å².